The lowest BCUT2D eigenvalue weighted by Gasteiger charge is -2.00. The van der Waals surface area contributed by atoms with Crippen LogP contribution in [-0.2, 0) is 24.9 Å². The van der Waals surface area contributed by atoms with Crippen molar-refractivity contribution in [3.63, 3.8) is 0 Å². The van der Waals surface area contributed by atoms with Gasteiger partial charge in [0.15, 0.2) is 0 Å². The third kappa shape index (κ3) is 3.41. The van der Waals surface area contributed by atoms with Gasteiger partial charge in [0.25, 0.3) is 5.91 Å². The highest BCUT2D eigenvalue weighted by Crippen LogP contribution is 1.99. The van der Waals surface area contributed by atoms with Crippen molar-refractivity contribution in [2.75, 3.05) is 0 Å². The van der Waals surface area contributed by atoms with Crippen LogP contribution >= 0.6 is 0 Å². The molecule has 0 saturated heterocycles. The van der Waals surface area contributed by atoms with Crippen molar-refractivity contribution >= 4 is 11.9 Å². The van der Waals surface area contributed by atoms with E-state index < -0.39 is 5.97 Å². The minimum absolute atomic E-state index is 0.185. The number of hydrogen-bond donors (Lipinski definition) is 2. The van der Waals surface area contributed by atoms with E-state index in [0.29, 0.717) is 6.54 Å². The monoisotopic (exact) mass is 263 g/mol. The maximum atomic E-state index is 11.8. The number of aromatic nitrogens is 4. The molecule has 0 aliphatic heterocycles. The summed E-state index contributed by atoms with van der Waals surface area (Å²) in [5.74, 6) is -1.36. The molecule has 100 valence electrons. The molecule has 0 unspecified atom stereocenters. The van der Waals surface area contributed by atoms with Crippen molar-refractivity contribution in [1.82, 2.24) is 24.9 Å². The number of carboxylic acids is 1. The van der Waals surface area contributed by atoms with Gasteiger partial charge in [-0.25, -0.2) is 0 Å². The number of aryl methyl sites for hydroxylation is 1. The van der Waals surface area contributed by atoms with Crippen molar-refractivity contribution in [2.45, 2.75) is 13.1 Å². The lowest BCUT2D eigenvalue weighted by molar-refractivity contribution is -0.137. The predicted molar refractivity (Wildman–Crippen MR) is 64.2 cm³/mol. The zero-order valence-electron chi connectivity index (χ0n) is 10.3. The van der Waals surface area contributed by atoms with Crippen molar-refractivity contribution in [1.29, 1.82) is 0 Å². The number of hydrogen-bond acceptors (Lipinski definition) is 4. The van der Waals surface area contributed by atoms with Gasteiger partial charge in [-0.2, -0.15) is 10.2 Å². The summed E-state index contributed by atoms with van der Waals surface area (Å²) in [7, 11) is 1.79. The summed E-state index contributed by atoms with van der Waals surface area (Å²) in [5, 5.41) is 19.1. The summed E-state index contributed by atoms with van der Waals surface area (Å²) >= 11 is 0. The normalized spacial score (nSPS) is 10.4. The smallest absolute Gasteiger partial charge is 0.325 e. The highest BCUT2D eigenvalue weighted by molar-refractivity contribution is 5.92. The largest absolute Gasteiger partial charge is 0.480 e. The second kappa shape index (κ2) is 5.34. The molecule has 2 heterocycles. The van der Waals surface area contributed by atoms with Crippen molar-refractivity contribution in [3.8, 4) is 0 Å². The lowest BCUT2D eigenvalue weighted by atomic mass is 10.3. The van der Waals surface area contributed by atoms with Gasteiger partial charge in [-0.15, -0.1) is 0 Å². The molecule has 1 amide bonds. The molecule has 2 aromatic rings. The van der Waals surface area contributed by atoms with Gasteiger partial charge >= 0.3 is 5.97 Å². The van der Waals surface area contributed by atoms with Gasteiger partial charge in [0.2, 0.25) is 0 Å². The van der Waals surface area contributed by atoms with Gasteiger partial charge in [0, 0.05) is 31.5 Å². The van der Waals surface area contributed by atoms with Crippen molar-refractivity contribution in [3.05, 3.63) is 35.9 Å². The fourth-order valence-electron chi connectivity index (χ4n) is 1.55. The van der Waals surface area contributed by atoms with Crippen LogP contribution in [0, 0.1) is 0 Å². The first-order valence-electron chi connectivity index (χ1n) is 5.55. The number of amides is 1. The third-order valence-electron chi connectivity index (χ3n) is 2.38. The van der Waals surface area contributed by atoms with Crippen LogP contribution in [0.25, 0.3) is 0 Å². The molecular formula is C11H13N5O3. The van der Waals surface area contributed by atoms with Crippen LogP contribution < -0.4 is 5.32 Å². The Morgan fingerprint density at radius 2 is 2.26 bits per heavy atom. The highest BCUT2D eigenvalue weighted by Gasteiger charge is 2.10. The fraction of sp³-hybridized carbons (Fsp3) is 0.273. The van der Waals surface area contributed by atoms with E-state index in [0.717, 1.165) is 5.56 Å². The van der Waals surface area contributed by atoms with Crippen LogP contribution in [0.5, 0.6) is 0 Å². The molecule has 0 spiro atoms. The molecule has 0 radical (unpaired) electrons. The number of nitrogens with one attached hydrogen (secondary N) is 1. The molecule has 0 saturated carbocycles. The van der Waals surface area contributed by atoms with Crippen LogP contribution in [-0.4, -0.2) is 36.5 Å². The summed E-state index contributed by atoms with van der Waals surface area (Å²) < 4.78 is 2.84. The molecule has 2 N–H and O–H groups in total. The van der Waals surface area contributed by atoms with Crippen LogP contribution in [0.1, 0.15) is 16.1 Å². The van der Waals surface area contributed by atoms with Gasteiger partial charge in [0.1, 0.15) is 12.2 Å². The minimum atomic E-state index is -1.01. The average molecular weight is 263 g/mol. The Balaban J connectivity index is 1.92. The maximum absolute atomic E-state index is 11.8. The van der Waals surface area contributed by atoms with Crippen molar-refractivity contribution in [2.24, 2.45) is 7.05 Å². The number of aliphatic carboxylic acids is 1. The van der Waals surface area contributed by atoms with Crippen LogP contribution in [0.2, 0.25) is 0 Å². The Hall–Kier alpha value is -2.64. The second-order valence-corrected chi connectivity index (χ2v) is 4.00. The van der Waals surface area contributed by atoms with Gasteiger partial charge in [0.05, 0.1) is 6.20 Å². The summed E-state index contributed by atoms with van der Waals surface area (Å²) in [6, 6.07) is 1.47. The van der Waals surface area contributed by atoms with E-state index >= 15 is 0 Å². The molecule has 2 rings (SSSR count). The first-order valence-corrected chi connectivity index (χ1v) is 5.55. The molecule has 0 fully saturated rings. The summed E-state index contributed by atoms with van der Waals surface area (Å²) in [4.78, 5) is 22.3. The molecule has 8 heteroatoms. The van der Waals surface area contributed by atoms with E-state index in [4.69, 9.17) is 5.11 Å². The van der Waals surface area contributed by atoms with E-state index in [1.165, 1.54) is 16.9 Å². The molecule has 0 aromatic carbocycles. The summed E-state index contributed by atoms with van der Waals surface area (Å²) in [5.41, 5.74) is 1.06. The molecular weight excluding hydrogens is 250 g/mol. The number of rotatable bonds is 5. The van der Waals surface area contributed by atoms with Gasteiger partial charge in [-0.05, 0) is 6.07 Å². The SMILES string of the molecule is Cn1cc(CNC(=O)c2ccn(CC(=O)O)n2)cn1. The fourth-order valence-corrected chi connectivity index (χ4v) is 1.55. The van der Waals surface area contributed by atoms with E-state index in [9.17, 15) is 9.59 Å². The lowest BCUT2D eigenvalue weighted by Crippen LogP contribution is -2.23. The second-order valence-electron chi connectivity index (χ2n) is 4.00. The first-order chi connectivity index (χ1) is 9.04. The Bertz CT molecular complexity index is 601. The Morgan fingerprint density at radius 1 is 1.47 bits per heavy atom. The number of carbonyl (C=O) groups is 2. The summed E-state index contributed by atoms with van der Waals surface area (Å²) in [6.45, 7) is 0.0777. The molecule has 0 atom stereocenters. The van der Waals surface area contributed by atoms with Gasteiger partial charge in [-0.1, -0.05) is 0 Å². The van der Waals surface area contributed by atoms with Crippen LogP contribution in [0.4, 0.5) is 0 Å². The molecule has 0 aliphatic carbocycles. The van der Waals surface area contributed by atoms with E-state index in [-0.39, 0.29) is 18.1 Å². The van der Waals surface area contributed by atoms with E-state index in [2.05, 4.69) is 15.5 Å². The Morgan fingerprint density at radius 3 is 2.89 bits per heavy atom. The zero-order chi connectivity index (χ0) is 13.8. The van der Waals surface area contributed by atoms with Gasteiger partial charge in [-0.3, -0.25) is 19.0 Å². The number of nitrogens with zero attached hydrogens (tertiary/aromatic N) is 4. The highest BCUT2D eigenvalue weighted by atomic mass is 16.4. The first kappa shape index (κ1) is 12.8. The molecule has 0 aliphatic rings. The number of carbonyl (C=O) groups excluding carboxylic acids is 1. The minimum Gasteiger partial charge on any atom is -0.480 e. The molecule has 8 nitrogen and oxygen atoms in total. The number of carboxylic acid groups (broad SMARTS) is 1. The quantitative estimate of drug-likeness (QED) is 0.766. The van der Waals surface area contributed by atoms with E-state index in [1.54, 1.807) is 24.1 Å². The zero-order valence-corrected chi connectivity index (χ0v) is 10.3. The topological polar surface area (TPSA) is 102 Å². The Labute approximate surface area is 108 Å². The molecule has 0 bridgehead atoms. The maximum Gasteiger partial charge on any atom is 0.325 e. The molecule has 2 aromatic heterocycles. The Kier molecular flexibility index (Phi) is 3.60. The van der Waals surface area contributed by atoms with Gasteiger partial charge < -0.3 is 10.4 Å². The summed E-state index contributed by atoms with van der Waals surface area (Å²) in [6.07, 6.45) is 4.90. The van der Waals surface area contributed by atoms with Crippen LogP contribution in [0.15, 0.2) is 24.7 Å². The predicted octanol–water partition coefficient (Wildman–Crippen LogP) is -0.369. The standard InChI is InChI=1S/C11H13N5O3/c1-15-6-8(5-13-15)4-12-11(19)9-2-3-16(14-9)7-10(17)18/h2-3,5-6H,4,7H2,1H3,(H,12,19)(H,17,18). The van der Waals surface area contributed by atoms with Crippen LogP contribution in [0.3, 0.4) is 0 Å². The van der Waals surface area contributed by atoms with E-state index in [1.807, 2.05) is 0 Å². The third-order valence-corrected chi connectivity index (χ3v) is 2.38. The van der Waals surface area contributed by atoms with Crippen molar-refractivity contribution < 1.29 is 14.7 Å². The average Bonchev–Trinajstić information content (AvgIpc) is 2.95. The molecule has 19 heavy (non-hydrogen) atoms.